The smallest absolute Gasteiger partial charge is 0.239 e. The standard InChI is InChI=1S/C21H30N4O/c1-2-17-9-6-11-25(12-10-17)21(26)20(22)13-19-15-24(16-23-19)14-18-7-4-3-5-8-18/h3-5,7-8,15-17,20H,2,6,9-14,22H2,1H3/t17?,20-/m0/s1. The van der Waals surface area contributed by atoms with Gasteiger partial charge in [-0.25, -0.2) is 4.98 Å². The minimum absolute atomic E-state index is 0.0689. The molecule has 1 saturated heterocycles. The van der Waals surface area contributed by atoms with Crippen molar-refractivity contribution in [2.75, 3.05) is 13.1 Å². The molecule has 140 valence electrons. The maximum atomic E-state index is 12.7. The lowest BCUT2D eigenvalue weighted by Crippen LogP contribution is -2.45. The van der Waals surface area contributed by atoms with Crippen LogP contribution >= 0.6 is 0 Å². The van der Waals surface area contributed by atoms with E-state index in [-0.39, 0.29) is 5.91 Å². The normalized spacial score (nSPS) is 19.2. The minimum atomic E-state index is -0.506. The fourth-order valence-corrected chi connectivity index (χ4v) is 3.73. The Labute approximate surface area is 156 Å². The molecule has 2 aromatic rings. The maximum absolute atomic E-state index is 12.7. The van der Waals surface area contributed by atoms with E-state index >= 15 is 0 Å². The predicted octanol–water partition coefficient (Wildman–Crippen LogP) is 2.84. The lowest BCUT2D eigenvalue weighted by atomic mass is 9.98. The number of benzene rings is 1. The minimum Gasteiger partial charge on any atom is -0.341 e. The Bertz CT molecular complexity index is 697. The third-order valence-corrected chi connectivity index (χ3v) is 5.38. The maximum Gasteiger partial charge on any atom is 0.239 e. The highest BCUT2D eigenvalue weighted by atomic mass is 16.2. The molecule has 0 bridgehead atoms. The van der Waals surface area contributed by atoms with Crippen LogP contribution < -0.4 is 5.73 Å². The number of likely N-dealkylation sites (tertiary alicyclic amines) is 1. The number of carbonyl (C=O) groups is 1. The van der Waals surface area contributed by atoms with Crippen molar-refractivity contribution in [3.05, 3.63) is 54.1 Å². The Hall–Kier alpha value is -2.14. The van der Waals surface area contributed by atoms with Gasteiger partial charge in [0.05, 0.1) is 18.1 Å². The van der Waals surface area contributed by atoms with E-state index in [1.807, 2.05) is 40.2 Å². The third-order valence-electron chi connectivity index (χ3n) is 5.38. The summed E-state index contributed by atoms with van der Waals surface area (Å²) >= 11 is 0. The molecule has 0 aliphatic carbocycles. The van der Waals surface area contributed by atoms with Crippen LogP contribution in [0.15, 0.2) is 42.9 Å². The van der Waals surface area contributed by atoms with Gasteiger partial charge in [0.15, 0.2) is 0 Å². The highest BCUT2D eigenvalue weighted by molar-refractivity contribution is 5.81. The molecule has 2 atom stereocenters. The summed E-state index contributed by atoms with van der Waals surface area (Å²) in [6.07, 6.45) is 8.91. The molecule has 1 amide bonds. The Morgan fingerprint density at radius 3 is 2.85 bits per heavy atom. The second-order valence-electron chi connectivity index (χ2n) is 7.36. The molecule has 2 heterocycles. The molecule has 0 radical (unpaired) electrons. The lowest BCUT2D eigenvalue weighted by molar-refractivity contribution is -0.132. The average molecular weight is 354 g/mol. The Morgan fingerprint density at radius 1 is 1.27 bits per heavy atom. The van der Waals surface area contributed by atoms with Crippen LogP contribution in [-0.2, 0) is 17.8 Å². The SMILES string of the molecule is CCC1CCCN(C(=O)[C@@H](N)Cc2cn(Cc3ccccc3)cn2)CC1. The van der Waals surface area contributed by atoms with E-state index < -0.39 is 6.04 Å². The van der Waals surface area contributed by atoms with Crippen LogP contribution in [0.3, 0.4) is 0 Å². The van der Waals surface area contributed by atoms with Crippen LogP contribution in [0.2, 0.25) is 0 Å². The lowest BCUT2D eigenvalue weighted by Gasteiger charge is -2.24. The van der Waals surface area contributed by atoms with Gasteiger partial charge in [0, 0.05) is 32.3 Å². The molecule has 5 nitrogen and oxygen atoms in total. The topological polar surface area (TPSA) is 64.2 Å². The monoisotopic (exact) mass is 354 g/mol. The van der Waals surface area contributed by atoms with Crippen LogP contribution in [0, 0.1) is 5.92 Å². The van der Waals surface area contributed by atoms with Crippen LogP contribution in [-0.4, -0.2) is 39.5 Å². The second-order valence-corrected chi connectivity index (χ2v) is 7.36. The number of rotatable bonds is 6. The first-order valence-corrected chi connectivity index (χ1v) is 9.74. The first-order valence-electron chi connectivity index (χ1n) is 9.74. The zero-order valence-corrected chi connectivity index (χ0v) is 15.7. The van der Waals surface area contributed by atoms with Gasteiger partial charge in [-0.3, -0.25) is 4.79 Å². The van der Waals surface area contributed by atoms with Gasteiger partial charge in [0.2, 0.25) is 5.91 Å². The van der Waals surface area contributed by atoms with Gasteiger partial charge in [-0.05, 0) is 30.7 Å². The summed E-state index contributed by atoms with van der Waals surface area (Å²) in [5, 5.41) is 0. The van der Waals surface area contributed by atoms with E-state index in [0.717, 1.165) is 44.1 Å². The van der Waals surface area contributed by atoms with Crippen LogP contribution in [0.5, 0.6) is 0 Å². The third kappa shape index (κ3) is 4.94. The van der Waals surface area contributed by atoms with Crippen molar-refractivity contribution in [2.24, 2.45) is 11.7 Å². The van der Waals surface area contributed by atoms with Gasteiger partial charge < -0.3 is 15.2 Å². The van der Waals surface area contributed by atoms with Crippen molar-refractivity contribution in [1.29, 1.82) is 0 Å². The molecule has 2 N–H and O–H groups in total. The van der Waals surface area contributed by atoms with Crippen LogP contribution in [0.4, 0.5) is 0 Å². The van der Waals surface area contributed by atoms with Gasteiger partial charge in [-0.1, -0.05) is 43.7 Å². The van der Waals surface area contributed by atoms with E-state index in [4.69, 9.17) is 5.73 Å². The Morgan fingerprint density at radius 2 is 2.08 bits per heavy atom. The summed E-state index contributed by atoms with van der Waals surface area (Å²) in [4.78, 5) is 19.1. The first-order chi connectivity index (χ1) is 12.7. The summed E-state index contributed by atoms with van der Waals surface area (Å²) in [5.41, 5.74) is 8.33. The predicted molar refractivity (Wildman–Crippen MR) is 104 cm³/mol. The van der Waals surface area contributed by atoms with E-state index in [1.165, 1.54) is 18.4 Å². The van der Waals surface area contributed by atoms with E-state index in [9.17, 15) is 4.79 Å². The molecule has 3 rings (SSSR count). The van der Waals surface area contributed by atoms with Crippen LogP contribution in [0.25, 0.3) is 0 Å². The fourth-order valence-electron chi connectivity index (χ4n) is 3.73. The number of amides is 1. The van der Waals surface area contributed by atoms with Gasteiger partial charge in [0.25, 0.3) is 0 Å². The molecule has 1 aromatic heterocycles. The van der Waals surface area contributed by atoms with E-state index in [1.54, 1.807) is 0 Å². The van der Waals surface area contributed by atoms with Crippen molar-refractivity contribution < 1.29 is 4.79 Å². The molecular formula is C21H30N4O. The zero-order valence-electron chi connectivity index (χ0n) is 15.7. The van der Waals surface area contributed by atoms with Gasteiger partial charge in [0.1, 0.15) is 0 Å². The summed E-state index contributed by atoms with van der Waals surface area (Å²) < 4.78 is 2.04. The Balaban J connectivity index is 1.54. The van der Waals surface area contributed by atoms with Crippen molar-refractivity contribution in [3.8, 4) is 0 Å². The van der Waals surface area contributed by atoms with Crippen LogP contribution in [0.1, 0.15) is 43.9 Å². The summed E-state index contributed by atoms with van der Waals surface area (Å²) in [6.45, 7) is 4.69. The first kappa shape index (κ1) is 18.6. The van der Waals surface area contributed by atoms with Gasteiger partial charge in [-0.15, -0.1) is 0 Å². The summed E-state index contributed by atoms with van der Waals surface area (Å²) in [5.74, 6) is 0.817. The quantitative estimate of drug-likeness (QED) is 0.867. The van der Waals surface area contributed by atoms with Crippen molar-refractivity contribution >= 4 is 5.91 Å². The molecule has 26 heavy (non-hydrogen) atoms. The summed E-state index contributed by atoms with van der Waals surface area (Å²) in [6, 6.07) is 9.76. The molecular weight excluding hydrogens is 324 g/mol. The number of aromatic nitrogens is 2. The molecule has 0 saturated carbocycles. The highest BCUT2D eigenvalue weighted by Gasteiger charge is 2.24. The molecule has 5 heteroatoms. The van der Waals surface area contributed by atoms with Gasteiger partial charge >= 0.3 is 0 Å². The highest BCUT2D eigenvalue weighted by Crippen LogP contribution is 2.20. The van der Waals surface area contributed by atoms with Gasteiger partial charge in [-0.2, -0.15) is 0 Å². The number of nitrogens with two attached hydrogens (primary N) is 1. The van der Waals surface area contributed by atoms with E-state index in [0.29, 0.717) is 6.42 Å². The number of hydrogen-bond donors (Lipinski definition) is 1. The number of imidazole rings is 1. The van der Waals surface area contributed by atoms with Crippen molar-refractivity contribution in [3.63, 3.8) is 0 Å². The zero-order chi connectivity index (χ0) is 18.4. The molecule has 1 unspecified atom stereocenters. The summed E-state index contributed by atoms with van der Waals surface area (Å²) in [7, 11) is 0. The number of carbonyl (C=O) groups excluding carboxylic acids is 1. The average Bonchev–Trinajstić information content (AvgIpc) is 2.95. The molecule has 1 aliphatic rings. The van der Waals surface area contributed by atoms with E-state index in [2.05, 4.69) is 24.0 Å². The molecule has 1 aliphatic heterocycles. The molecule has 1 aromatic carbocycles. The largest absolute Gasteiger partial charge is 0.341 e. The molecule has 1 fully saturated rings. The van der Waals surface area contributed by atoms with Crippen molar-refractivity contribution in [1.82, 2.24) is 14.5 Å². The molecule has 0 spiro atoms. The fraction of sp³-hybridized carbons (Fsp3) is 0.524. The number of hydrogen-bond acceptors (Lipinski definition) is 3. The number of nitrogens with zero attached hydrogens (tertiary/aromatic N) is 3. The van der Waals surface area contributed by atoms with Crippen molar-refractivity contribution in [2.45, 2.75) is 51.6 Å². The Kier molecular flexibility index (Phi) is 6.45. The second kappa shape index (κ2) is 8.99.